The monoisotopic (exact) mass is 231 g/mol. The topological polar surface area (TPSA) is 31.7 Å². The van der Waals surface area contributed by atoms with Gasteiger partial charge in [-0.15, -0.1) is 11.3 Å². The van der Waals surface area contributed by atoms with Crippen molar-refractivity contribution >= 4 is 0 Å². The zero-order valence-corrected chi connectivity index (χ0v) is 8.55. The largest absolute Gasteiger partial charge is 1.00 e. The Labute approximate surface area is 83.2 Å². The summed E-state index contributed by atoms with van der Waals surface area (Å²) in [6.07, 6.45) is 9.81. The lowest BCUT2D eigenvalue weighted by molar-refractivity contribution is -0.648. The Hall–Kier alpha value is -0.770. The SMILES string of the molecule is C=CCCCN[n+]1cc[nH]c1.[Br-]. The molecule has 0 aliphatic rings. The Bertz CT molecular complexity index is 196. The molecule has 0 unspecified atom stereocenters. The van der Waals surface area contributed by atoms with Crippen molar-refractivity contribution in [3.05, 3.63) is 31.4 Å². The third kappa shape index (κ3) is 4.18. The third-order valence-corrected chi connectivity index (χ3v) is 1.42. The Morgan fingerprint density at radius 2 is 2.42 bits per heavy atom. The summed E-state index contributed by atoms with van der Waals surface area (Å²) in [7, 11) is 0. The molecule has 1 heterocycles. The number of nitrogens with zero attached hydrogens (tertiary/aromatic N) is 1. The van der Waals surface area contributed by atoms with Gasteiger partial charge >= 0.3 is 0 Å². The Kier molecular flexibility index (Phi) is 6.47. The van der Waals surface area contributed by atoms with E-state index in [2.05, 4.69) is 17.0 Å². The Balaban J connectivity index is 0.00000121. The van der Waals surface area contributed by atoms with Gasteiger partial charge in [0.1, 0.15) is 6.20 Å². The van der Waals surface area contributed by atoms with Crippen LogP contribution in [0.1, 0.15) is 12.8 Å². The van der Waals surface area contributed by atoms with Crippen molar-refractivity contribution in [3.8, 4) is 0 Å². The fourth-order valence-corrected chi connectivity index (χ4v) is 0.843. The van der Waals surface area contributed by atoms with E-state index in [4.69, 9.17) is 0 Å². The van der Waals surface area contributed by atoms with Crippen LogP contribution in [-0.4, -0.2) is 11.5 Å². The molecule has 0 spiro atoms. The van der Waals surface area contributed by atoms with Crippen LogP contribution in [0.2, 0.25) is 0 Å². The Morgan fingerprint density at radius 1 is 1.58 bits per heavy atom. The first-order chi connectivity index (χ1) is 5.43. The summed E-state index contributed by atoms with van der Waals surface area (Å²) in [5, 5.41) is 0. The van der Waals surface area contributed by atoms with E-state index in [1.165, 1.54) is 0 Å². The van der Waals surface area contributed by atoms with Gasteiger partial charge in [-0.2, -0.15) is 0 Å². The van der Waals surface area contributed by atoms with Crippen molar-refractivity contribution in [2.75, 3.05) is 12.0 Å². The van der Waals surface area contributed by atoms with E-state index in [1.807, 2.05) is 29.5 Å². The van der Waals surface area contributed by atoms with E-state index < -0.39 is 0 Å². The van der Waals surface area contributed by atoms with Gasteiger partial charge < -0.3 is 17.0 Å². The first-order valence-corrected chi connectivity index (χ1v) is 3.82. The number of unbranched alkanes of at least 4 members (excludes halogenated alkanes) is 1. The molecular weight excluding hydrogens is 218 g/mol. The van der Waals surface area contributed by atoms with Crippen molar-refractivity contribution in [2.24, 2.45) is 0 Å². The number of halogens is 1. The molecule has 0 radical (unpaired) electrons. The predicted molar refractivity (Wildman–Crippen MR) is 44.6 cm³/mol. The summed E-state index contributed by atoms with van der Waals surface area (Å²) < 4.78 is 1.91. The van der Waals surface area contributed by atoms with Crippen molar-refractivity contribution in [1.82, 2.24) is 4.98 Å². The quantitative estimate of drug-likeness (QED) is 0.337. The summed E-state index contributed by atoms with van der Waals surface area (Å²) in [5.74, 6) is 0. The molecule has 12 heavy (non-hydrogen) atoms. The van der Waals surface area contributed by atoms with Crippen LogP contribution in [0.3, 0.4) is 0 Å². The molecule has 0 aliphatic heterocycles. The minimum atomic E-state index is 0. The second kappa shape index (κ2) is 6.91. The normalized spacial score (nSPS) is 8.67. The number of hydrogen-bond acceptors (Lipinski definition) is 1. The number of H-pyrrole nitrogens is 1. The summed E-state index contributed by atoms with van der Waals surface area (Å²) in [4.78, 5) is 2.95. The maximum Gasteiger partial charge on any atom is 0.264 e. The van der Waals surface area contributed by atoms with Gasteiger partial charge in [0.15, 0.2) is 6.20 Å². The summed E-state index contributed by atoms with van der Waals surface area (Å²) in [5.41, 5.74) is 3.20. The number of allylic oxidation sites excluding steroid dienone is 1. The molecule has 1 rings (SSSR count). The van der Waals surface area contributed by atoms with Crippen LogP contribution in [0.5, 0.6) is 0 Å². The fraction of sp³-hybridized carbons (Fsp3) is 0.375. The van der Waals surface area contributed by atoms with Gasteiger partial charge in [-0.1, -0.05) is 6.08 Å². The standard InChI is InChI=1S/C8H13N3.BrH/c1-2-3-4-5-10-11-7-6-9-8-11;/h2,6-8,10H,1,3-5H2;1H. The highest BCUT2D eigenvalue weighted by atomic mass is 79.9. The summed E-state index contributed by atoms with van der Waals surface area (Å²) in [6.45, 7) is 4.64. The molecular formula is C8H14BrN3. The van der Waals surface area contributed by atoms with Crippen LogP contribution in [0.4, 0.5) is 0 Å². The lowest BCUT2D eigenvalue weighted by Gasteiger charge is -1.97. The average Bonchev–Trinajstić information content (AvgIpc) is 2.50. The first kappa shape index (κ1) is 11.2. The molecule has 0 saturated heterocycles. The molecule has 0 fully saturated rings. The second-order valence-electron chi connectivity index (χ2n) is 2.36. The Morgan fingerprint density at radius 3 is 3.00 bits per heavy atom. The fourth-order valence-electron chi connectivity index (χ4n) is 0.843. The van der Waals surface area contributed by atoms with E-state index >= 15 is 0 Å². The number of hydrogen-bond donors (Lipinski definition) is 2. The number of nitrogens with one attached hydrogen (secondary N) is 2. The van der Waals surface area contributed by atoms with Crippen molar-refractivity contribution in [1.29, 1.82) is 0 Å². The molecule has 0 saturated carbocycles. The van der Waals surface area contributed by atoms with Crippen molar-refractivity contribution in [3.63, 3.8) is 0 Å². The highest BCUT2D eigenvalue weighted by Gasteiger charge is 1.91. The minimum absolute atomic E-state index is 0. The second-order valence-corrected chi connectivity index (χ2v) is 2.36. The molecule has 2 N–H and O–H groups in total. The smallest absolute Gasteiger partial charge is 0.264 e. The van der Waals surface area contributed by atoms with Crippen LogP contribution in [0, 0.1) is 0 Å². The van der Waals surface area contributed by atoms with E-state index in [1.54, 1.807) is 0 Å². The van der Waals surface area contributed by atoms with Crippen molar-refractivity contribution in [2.45, 2.75) is 12.8 Å². The molecule has 0 amide bonds. The number of rotatable bonds is 5. The predicted octanol–water partition coefficient (Wildman–Crippen LogP) is -2.18. The lowest BCUT2D eigenvalue weighted by atomic mass is 10.3. The van der Waals surface area contributed by atoms with Crippen LogP contribution in [-0.2, 0) is 0 Å². The molecule has 1 aromatic rings. The highest BCUT2D eigenvalue weighted by Crippen LogP contribution is 1.85. The maximum atomic E-state index is 3.65. The summed E-state index contributed by atoms with van der Waals surface area (Å²) >= 11 is 0. The van der Waals surface area contributed by atoms with Crippen LogP contribution in [0.15, 0.2) is 31.4 Å². The molecule has 0 aliphatic carbocycles. The molecule has 3 nitrogen and oxygen atoms in total. The van der Waals surface area contributed by atoms with Gasteiger partial charge in [-0.3, -0.25) is 5.43 Å². The molecule has 0 atom stereocenters. The third-order valence-electron chi connectivity index (χ3n) is 1.42. The van der Waals surface area contributed by atoms with E-state index in [9.17, 15) is 0 Å². The molecule has 4 heteroatoms. The molecule has 68 valence electrons. The summed E-state index contributed by atoms with van der Waals surface area (Å²) in [6, 6.07) is 0. The minimum Gasteiger partial charge on any atom is -1.00 e. The van der Waals surface area contributed by atoms with Crippen LogP contribution in [0.25, 0.3) is 0 Å². The van der Waals surface area contributed by atoms with Crippen LogP contribution >= 0.6 is 0 Å². The number of aromatic amines is 1. The molecule has 1 aromatic heterocycles. The highest BCUT2D eigenvalue weighted by molar-refractivity contribution is 4.67. The lowest BCUT2D eigenvalue weighted by Crippen LogP contribution is -3.00. The average molecular weight is 232 g/mol. The van der Waals surface area contributed by atoms with E-state index in [0.717, 1.165) is 19.4 Å². The van der Waals surface area contributed by atoms with E-state index in [-0.39, 0.29) is 17.0 Å². The van der Waals surface area contributed by atoms with Gasteiger partial charge in [-0.05, 0) is 12.8 Å². The first-order valence-electron chi connectivity index (χ1n) is 3.82. The van der Waals surface area contributed by atoms with Crippen molar-refractivity contribution < 1.29 is 21.7 Å². The van der Waals surface area contributed by atoms with E-state index in [0.29, 0.717) is 0 Å². The number of imidazole rings is 1. The number of aromatic nitrogens is 2. The zero-order valence-electron chi connectivity index (χ0n) is 6.96. The van der Waals surface area contributed by atoms with Gasteiger partial charge in [0.05, 0.1) is 6.54 Å². The maximum absolute atomic E-state index is 3.65. The van der Waals surface area contributed by atoms with Gasteiger partial charge in [0.25, 0.3) is 6.33 Å². The van der Waals surface area contributed by atoms with Gasteiger partial charge in [0.2, 0.25) is 0 Å². The van der Waals surface area contributed by atoms with Gasteiger partial charge in [0, 0.05) is 0 Å². The van der Waals surface area contributed by atoms with Crippen LogP contribution < -0.4 is 27.1 Å². The molecule has 0 aromatic carbocycles. The zero-order chi connectivity index (χ0) is 7.94. The van der Waals surface area contributed by atoms with Gasteiger partial charge in [-0.25, -0.2) is 4.98 Å². The molecule has 0 bridgehead atoms.